The largest absolute Gasteiger partial charge is 0.337 e. The van der Waals surface area contributed by atoms with Gasteiger partial charge in [0.25, 0.3) is 0 Å². The molecular formula is C16H23N3O. The number of aromatic nitrogens is 2. The molecule has 1 heterocycles. The fraction of sp³-hybridized carbons (Fsp3) is 0.500. The molecule has 0 saturated carbocycles. The Hall–Kier alpha value is -1.68. The van der Waals surface area contributed by atoms with Gasteiger partial charge < -0.3 is 10.3 Å². The fourth-order valence-corrected chi connectivity index (χ4v) is 2.54. The third kappa shape index (κ3) is 2.48. The minimum Gasteiger partial charge on any atom is -0.337 e. The van der Waals surface area contributed by atoms with Gasteiger partial charge in [-0.25, -0.2) is 0 Å². The van der Waals surface area contributed by atoms with Crippen LogP contribution in [0.5, 0.6) is 0 Å². The van der Waals surface area contributed by atoms with E-state index in [9.17, 15) is 0 Å². The molecule has 0 aliphatic rings. The van der Waals surface area contributed by atoms with E-state index in [4.69, 9.17) is 10.3 Å². The Bertz CT molecular complexity index is 551. The number of hydrogen-bond donors (Lipinski definition) is 1. The molecule has 0 aliphatic heterocycles. The lowest BCUT2D eigenvalue weighted by molar-refractivity contribution is 0.304. The van der Waals surface area contributed by atoms with Gasteiger partial charge in [-0.2, -0.15) is 4.98 Å². The first kappa shape index (κ1) is 14.7. The number of nitrogens with two attached hydrogens (primary N) is 1. The summed E-state index contributed by atoms with van der Waals surface area (Å²) in [6.45, 7) is 8.04. The fourth-order valence-electron chi connectivity index (χ4n) is 2.54. The lowest BCUT2D eigenvalue weighted by atomic mass is 9.75. The molecule has 0 fully saturated rings. The zero-order valence-electron chi connectivity index (χ0n) is 12.7. The van der Waals surface area contributed by atoms with Crippen LogP contribution in [0.4, 0.5) is 0 Å². The predicted octanol–water partition coefficient (Wildman–Crippen LogP) is 3.37. The molecule has 2 aromatic rings. The van der Waals surface area contributed by atoms with E-state index in [1.165, 1.54) is 5.56 Å². The Morgan fingerprint density at radius 3 is 2.15 bits per heavy atom. The highest BCUT2D eigenvalue weighted by atomic mass is 16.5. The maximum absolute atomic E-state index is 6.04. The van der Waals surface area contributed by atoms with Crippen molar-refractivity contribution in [3.8, 4) is 0 Å². The van der Waals surface area contributed by atoms with Gasteiger partial charge in [0.2, 0.25) is 5.89 Å². The van der Waals surface area contributed by atoms with Crippen molar-refractivity contribution in [1.29, 1.82) is 0 Å². The van der Waals surface area contributed by atoms with Crippen LogP contribution in [0.1, 0.15) is 57.8 Å². The van der Waals surface area contributed by atoms with Gasteiger partial charge in [-0.05, 0) is 32.3 Å². The summed E-state index contributed by atoms with van der Waals surface area (Å²) < 4.78 is 5.37. The van der Waals surface area contributed by atoms with Gasteiger partial charge in [0.15, 0.2) is 5.82 Å². The second-order valence-corrected chi connectivity index (χ2v) is 5.80. The zero-order valence-corrected chi connectivity index (χ0v) is 12.7. The first-order valence-corrected chi connectivity index (χ1v) is 7.13. The molecule has 0 aliphatic carbocycles. The molecule has 108 valence electrons. The molecule has 0 amide bonds. The van der Waals surface area contributed by atoms with Crippen molar-refractivity contribution in [3.05, 3.63) is 47.6 Å². The Balaban J connectivity index is 2.51. The molecule has 1 aromatic heterocycles. The van der Waals surface area contributed by atoms with E-state index >= 15 is 0 Å². The van der Waals surface area contributed by atoms with Crippen LogP contribution in [0.15, 0.2) is 34.9 Å². The molecule has 0 spiro atoms. The summed E-state index contributed by atoms with van der Waals surface area (Å²) in [5, 5.41) is 4.21. The molecule has 4 heteroatoms. The van der Waals surface area contributed by atoms with Crippen molar-refractivity contribution in [2.75, 3.05) is 0 Å². The average molecular weight is 273 g/mol. The summed E-state index contributed by atoms with van der Waals surface area (Å²) in [6, 6.07) is 10.4. The van der Waals surface area contributed by atoms with Crippen LogP contribution in [0.25, 0.3) is 0 Å². The number of rotatable bonds is 5. The molecule has 0 atom stereocenters. The summed E-state index contributed by atoms with van der Waals surface area (Å²) >= 11 is 0. The Kier molecular flexibility index (Phi) is 3.95. The molecule has 4 nitrogen and oxygen atoms in total. The maximum atomic E-state index is 6.04. The maximum Gasteiger partial charge on any atom is 0.246 e. The van der Waals surface area contributed by atoms with Gasteiger partial charge >= 0.3 is 0 Å². The van der Waals surface area contributed by atoms with E-state index in [2.05, 4.69) is 36.1 Å². The normalized spacial score (nSPS) is 12.7. The molecular weight excluding hydrogens is 250 g/mol. The Morgan fingerprint density at radius 1 is 1.10 bits per heavy atom. The van der Waals surface area contributed by atoms with Gasteiger partial charge in [0, 0.05) is 0 Å². The smallest absolute Gasteiger partial charge is 0.246 e. The van der Waals surface area contributed by atoms with Crippen molar-refractivity contribution in [2.45, 2.75) is 51.5 Å². The van der Waals surface area contributed by atoms with E-state index < -0.39 is 5.54 Å². The zero-order chi connectivity index (χ0) is 14.8. The highest BCUT2D eigenvalue weighted by Crippen LogP contribution is 2.37. The van der Waals surface area contributed by atoms with Crippen LogP contribution in [-0.4, -0.2) is 10.1 Å². The molecule has 1 aromatic carbocycles. The van der Waals surface area contributed by atoms with Crippen molar-refractivity contribution in [1.82, 2.24) is 10.1 Å². The van der Waals surface area contributed by atoms with Gasteiger partial charge in [0.1, 0.15) is 0 Å². The van der Waals surface area contributed by atoms with E-state index in [1.54, 1.807) is 0 Å². The van der Waals surface area contributed by atoms with Gasteiger partial charge in [-0.3, -0.25) is 0 Å². The SMILES string of the molecule is CCC(CC)(c1ccccc1)c1noc(C(C)(C)N)n1. The summed E-state index contributed by atoms with van der Waals surface area (Å²) in [7, 11) is 0. The summed E-state index contributed by atoms with van der Waals surface area (Å²) in [6.07, 6.45) is 1.83. The quantitative estimate of drug-likeness (QED) is 0.907. The van der Waals surface area contributed by atoms with Crippen LogP contribution in [0, 0.1) is 0 Å². The molecule has 2 N–H and O–H groups in total. The minimum atomic E-state index is -0.616. The molecule has 20 heavy (non-hydrogen) atoms. The number of hydrogen-bond acceptors (Lipinski definition) is 4. The van der Waals surface area contributed by atoms with E-state index in [0.29, 0.717) is 5.89 Å². The minimum absolute atomic E-state index is 0.214. The summed E-state index contributed by atoms with van der Waals surface area (Å²) in [5.41, 5.74) is 6.42. The molecule has 2 rings (SSSR count). The van der Waals surface area contributed by atoms with Gasteiger partial charge in [-0.15, -0.1) is 0 Å². The molecule has 0 unspecified atom stereocenters. The monoisotopic (exact) mass is 273 g/mol. The molecule has 0 bridgehead atoms. The van der Waals surface area contributed by atoms with Gasteiger partial charge in [-0.1, -0.05) is 49.3 Å². The van der Waals surface area contributed by atoms with Crippen LogP contribution >= 0.6 is 0 Å². The number of nitrogens with zero attached hydrogens (tertiary/aromatic N) is 2. The molecule has 0 radical (unpaired) electrons. The van der Waals surface area contributed by atoms with Crippen molar-refractivity contribution in [3.63, 3.8) is 0 Å². The van der Waals surface area contributed by atoms with Crippen LogP contribution < -0.4 is 5.73 Å². The van der Waals surface area contributed by atoms with E-state index in [1.807, 2.05) is 32.0 Å². The van der Waals surface area contributed by atoms with Crippen LogP contribution in [-0.2, 0) is 11.0 Å². The summed E-state index contributed by atoms with van der Waals surface area (Å²) in [4.78, 5) is 4.57. The highest BCUT2D eigenvalue weighted by Gasteiger charge is 2.37. The molecule has 0 saturated heterocycles. The topological polar surface area (TPSA) is 64.9 Å². The first-order chi connectivity index (χ1) is 9.44. The van der Waals surface area contributed by atoms with Crippen molar-refractivity contribution in [2.24, 2.45) is 5.73 Å². The Morgan fingerprint density at radius 2 is 1.70 bits per heavy atom. The van der Waals surface area contributed by atoms with E-state index in [0.717, 1.165) is 18.7 Å². The lowest BCUT2D eigenvalue weighted by Crippen LogP contribution is -2.31. The van der Waals surface area contributed by atoms with Gasteiger partial charge in [0.05, 0.1) is 11.0 Å². The highest BCUT2D eigenvalue weighted by molar-refractivity contribution is 5.32. The van der Waals surface area contributed by atoms with Crippen LogP contribution in [0.3, 0.4) is 0 Å². The lowest BCUT2D eigenvalue weighted by Gasteiger charge is -2.28. The van der Waals surface area contributed by atoms with Crippen molar-refractivity contribution >= 4 is 0 Å². The second-order valence-electron chi connectivity index (χ2n) is 5.80. The standard InChI is InChI=1S/C16H23N3O/c1-5-16(6-2,12-10-8-7-9-11-12)13-18-14(20-19-13)15(3,4)17/h7-11H,5-6,17H2,1-4H3. The second kappa shape index (κ2) is 5.37. The third-order valence-electron chi connectivity index (χ3n) is 3.94. The Labute approximate surface area is 120 Å². The average Bonchev–Trinajstić information content (AvgIpc) is 2.92. The predicted molar refractivity (Wildman–Crippen MR) is 79.3 cm³/mol. The van der Waals surface area contributed by atoms with E-state index in [-0.39, 0.29) is 5.41 Å². The summed E-state index contributed by atoms with van der Waals surface area (Å²) in [5.74, 6) is 1.21. The third-order valence-corrected chi connectivity index (χ3v) is 3.94. The van der Waals surface area contributed by atoms with Crippen molar-refractivity contribution < 1.29 is 4.52 Å². The van der Waals surface area contributed by atoms with Crippen LogP contribution in [0.2, 0.25) is 0 Å². The first-order valence-electron chi connectivity index (χ1n) is 7.13. The number of benzene rings is 1.